The Kier molecular flexibility index (Phi) is 5.74. The molecular weight excluding hydrogens is 378 g/mol. The van der Waals surface area contributed by atoms with Crippen molar-refractivity contribution in [1.82, 2.24) is 4.90 Å². The molecule has 2 heterocycles. The summed E-state index contributed by atoms with van der Waals surface area (Å²) in [6.07, 6.45) is 2.30. The fraction of sp³-hybridized carbons (Fsp3) is 0.286. The van der Waals surface area contributed by atoms with Crippen LogP contribution < -0.4 is 0 Å². The zero-order chi connectivity index (χ0) is 20.4. The molecule has 7 heteroatoms. The molecule has 1 aromatic heterocycles. The zero-order valence-corrected chi connectivity index (χ0v) is 17.0. The minimum atomic E-state index is -0.396. The lowest BCUT2D eigenvalue weighted by Crippen LogP contribution is -2.36. The van der Waals surface area contributed by atoms with Crippen LogP contribution in [-0.4, -0.2) is 35.2 Å². The van der Waals surface area contributed by atoms with Gasteiger partial charge in [0.05, 0.1) is 17.6 Å². The van der Waals surface area contributed by atoms with Gasteiger partial charge in [0.2, 0.25) is 0 Å². The third-order valence-corrected chi connectivity index (χ3v) is 5.55. The van der Waals surface area contributed by atoms with Gasteiger partial charge in [0.1, 0.15) is 11.5 Å². The number of carbonyl (C=O) groups is 3. The number of rotatable bonds is 5. The van der Waals surface area contributed by atoms with Crippen LogP contribution in [0.15, 0.2) is 39.7 Å². The molecule has 6 nitrogen and oxygen atoms in total. The summed E-state index contributed by atoms with van der Waals surface area (Å²) in [5.41, 5.74) is 2.16. The summed E-state index contributed by atoms with van der Waals surface area (Å²) < 4.78 is 10.6. The number of amides is 2. The molecule has 1 aliphatic rings. The lowest BCUT2D eigenvalue weighted by atomic mass is 10.0. The smallest absolute Gasteiger partial charge is 0.337 e. The summed E-state index contributed by atoms with van der Waals surface area (Å²) in [6, 6.07) is 8.61. The molecule has 28 heavy (non-hydrogen) atoms. The van der Waals surface area contributed by atoms with Crippen molar-refractivity contribution in [3.05, 3.63) is 52.1 Å². The Hall–Kier alpha value is -2.80. The van der Waals surface area contributed by atoms with Gasteiger partial charge in [-0.05, 0) is 61.9 Å². The summed E-state index contributed by atoms with van der Waals surface area (Å²) in [5, 5.41) is -0.258. The van der Waals surface area contributed by atoms with E-state index in [0.29, 0.717) is 28.4 Å². The van der Waals surface area contributed by atoms with Gasteiger partial charge in [0.15, 0.2) is 0 Å². The van der Waals surface area contributed by atoms with E-state index in [1.807, 2.05) is 20.8 Å². The Bertz CT molecular complexity index is 975. The number of nitrogens with zero attached hydrogens (tertiary/aromatic N) is 1. The van der Waals surface area contributed by atoms with Gasteiger partial charge in [-0.1, -0.05) is 13.0 Å². The standard InChI is InChI=1S/C21H21NO5S/c1-5-13(3)22-19(23)18(28-21(22)25)11-15-7-9-17(27-15)16-8-6-14(10-12(16)2)20(24)26-4/h6-11,13H,5H2,1-4H3/b18-11-/t13-/m0/s1. The summed E-state index contributed by atoms with van der Waals surface area (Å²) in [7, 11) is 1.34. The first-order chi connectivity index (χ1) is 13.3. The first kappa shape index (κ1) is 19.9. The predicted octanol–water partition coefficient (Wildman–Crippen LogP) is 4.88. The number of hydrogen-bond acceptors (Lipinski definition) is 6. The first-order valence-corrected chi connectivity index (χ1v) is 9.73. The largest absolute Gasteiger partial charge is 0.465 e. The highest BCUT2D eigenvalue weighted by Gasteiger charge is 2.37. The maximum atomic E-state index is 12.5. The minimum absolute atomic E-state index is 0.137. The molecule has 2 amide bonds. The van der Waals surface area contributed by atoms with Gasteiger partial charge in [0, 0.05) is 17.7 Å². The van der Waals surface area contributed by atoms with Crippen molar-refractivity contribution < 1.29 is 23.5 Å². The van der Waals surface area contributed by atoms with Crippen LogP contribution in [0.4, 0.5) is 4.79 Å². The molecule has 1 atom stereocenters. The van der Waals surface area contributed by atoms with Crippen LogP contribution in [0, 0.1) is 6.92 Å². The summed E-state index contributed by atoms with van der Waals surface area (Å²) >= 11 is 0.923. The van der Waals surface area contributed by atoms with Crippen molar-refractivity contribution in [3.8, 4) is 11.3 Å². The van der Waals surface area contributed by atoms with Crippen LogP contribution >= 0.6 is 11.8 Å². The molecule has 2 aromatic rings. The molecule has 0 spiro atoms. The van der Waals surface area contributed by atoms with Gasteiger partial charge < -0.3 is 9.15 Å². The van der Waals surface area contributed by atoms with Crippen LogP contribution in [-0.2, 0) is 9.53 Å². The van der Waals surface area contributed by atoms with Crippen LogP contribution in [0.5, 0.6) is 0 Å². The van der Waals surface area contributed by atoms with E-state index in [2.05, 4.69) is 0 Å². The summed E-state index contributed by atoms with van der Waals surface area (Å²) in [6.45, 7) is 5.66. The topological polar surface area (TPSA) is 76.8 Å². The molecule has 0 bridgehead atoms. The van der Waals surface area contributed by atoms with E-state index in [-0.39, 0.29) is 17.2 Å². The lowest BCUT2D eigenvalue weighted by Gasteiger charge is -2.19. The third kappa shape index (κ3) is 3.75. The van der Waals surface area contributed by atoms with Gasteiger partial charge in [-0.2, -0.15) is 0 Å². The molecule has 0 unspecified atom stereocenters. The van der Waals surface area contributed by atoms with Crippen molar-refractivity contribution in [3.63, 3.8) is 0 Å². The number of carbonyl (C=O) groups excluding carboxylic acids is 3. The van der Waals surface area contributed by atoms with Crippen LogP contribution in [0.1, 0.15) is 41.9 Å². The molecule has 3 rings (SSSR count). The maximum Gasteiger partial charge on any atom is 0.337 e. The van der Waals surface area contributed by atoms with Gasteiger partial charge in [0.25, 0.3) is 11.1 Å². The Balaban J connectivity index is 1.85. The number of esters is 1. The van der Waals surface area contributed by atoms with Gasteiger partial charge >= 0.3 is 5.97 Å². The Morgan fingerprint density at radius 1 is 1.29 bits per heavy atom. The third-order valence-electron chi connectivity index (χ3n) is 4.67. The molecule has 1 aliphatic heterocycles. The fourth-order valence-electron chi connectivity index (χ4n) is 2.93. The minimum Gasteiger partial charge on any atom is -0.465 e. The van der Waals surface area contributed by atoms with E-state index in [1.165, 1.54) is 12.0 Å². The van der Waals surface area contributed by atoms with Crippen molar-refractivity contribution >= 4 is 35.0 Å². The van der Waals surface area contributed by atoms with Crippen molar-refractivity contribution in [2.45, 2.75) is 33.2 Å². The molecule has 0 saturated carbocycles. The van der Waals surface area contributed by atoms with E-state index < -0.39 is 5.97 Å². The lowest BCUT2D eigenvalue weighted by molar-refractivity contribution is -0.124. The second-order valence-corrected chi connectivity index (χ2v) is 7.53. The molecule has 1 fully saturated rings. The van der Waals surface area contributed by atoms with Gasteiger partial charge in [-0.3, -0.25) is 14.5 Å². The molecule has 146 valence electrons. The summed E-state index contributed by atoms with van der Waals surface area (Å²) in [4.78, 5) is 37.9. The van der Waals surface area contributed by atoms with Crippen LogP contribution in [0.2, 0.25) is 0 Å². The first-order valence-electron chi connectivity index (χ1n) is 8.92. The zero-order valence-electron chi connectivity index (χ0n) is 16.1. The number of aryl methyl sites for hydroxylation is 1. The van der Waals surface area contributed by atoms with E-state index >= 15 is 0 Å². The quantitative estimate of drug-likeness (QED) is 0.527. The van der Waals surface area contributed by atoms with E-state index in [0.717, 1.165) is 22.9 Å². The molecule has 0 N–H and O–H groups in total. The molecule has 1 saturated heterocycles. The van der Waals surface area contributed by atoms with E-state index in [1.54, 1.807) is 36.4 Å². The molecule has 0 radical (unpaired) electrons. The Labute approximate surface area is 167 Å². The van der Waals surface area contributed by atoms with Crippen molar-refractivity contribution in [2.24, 2.45) is 0 Å². The number of furan rings is 1. The van der Waals surface area contributed by atoms with Crippen LogP contribution in [0.25, 0.3) is 17.4 Å². The highest BCUT2D eigenvalue weighted by Crippen LogP contribution is 2.35. The van der Waals surface area contributed by atoms with Crippen molar-refractivity contribution in [2.75, 3.05) is 7.11 Å². The van der Waals surface area contributed by atoms with E-state index in [4.69, 9.17) is 9.15 Å². The Morgan fingerprint density at radius 3 is 2.68 bits per heavy atom. The van der Waals surface area contributed by atoms with Crippen LogP contribution in [0.3, 0.4) is 0 Å². The number of ether oxygens (including phenoxy) is 1. The molecular formula is C21H21NO5S. The number of thioether (sulfide) groups is 1. The van der Waals surface area contributed by atoms with Gasteiger partial charge in [-0.15, -0.1) is 0 Å². The van der Waals surface area contributed by atoms with Crippen molar-refractivity contribution in [1.29, 1.82) is 0 Å². The average Bonchev–Trinajstić information content (AvgIpc) is 3.25. The SMILES string of the molecule is CC[C@H](C)N1C(=O)S/C(=C\c2ccc(-c3ccc(C(=O)OC)cc3C)o2)C1=O. The summed E-state index contributed by atoms with van der Waals surface area (Å²) in [5.74, 6) is 0.412. The second-order valence-electron chi connectivity index (χ2n) is 6.53. The van der Waals surface area contributed by atoms with E-state index in [9.17, 15) is 14.4 Å². The average molecular weight is 399 g/mol. The van der Waals surface area contributed by atoms with Gasteiger partial charge in [-0.25, -0.2) is 4.79 Å². The number of imide groups is 1. The molecule has 1 aromatic carbocycles. The highest BCUT2D eigenvalue weighted by molar-refractivity contribution is 8.18. The normalized spacial score (nSPS) is 16.7. The monoisotopic (exact) mass is 399 g/mol. The Morgan fingerprint density at radius 2 is 2.04 bits per heavy atom. The fourth-order valence-corrected chi connectivity index (χ4v) is 3.84. The molecule has 0 aliphatic carbocycles. The number of benzene rings is 1. The number of hydrogen-bond donors (Lipinski definition) is 0. The highest BCUT2D eigenvalue weighted by atomic mass is 32.2. The number of methoxy groups -OCH3 is 1. The maximum absolute atomic E-state index is 12.5. The second kappa shape index (κ2) is 8.06. The predicted molar refractivity (Wildman–Crippen MR) is 108 cm³/mol.